The van der Waals surface area contributed by atoms with Crippen molar-refractivity contribution >= 4 is 11.4 Å². The van der Waals surface area contributed by atoms with Crippen LogP contribution in [0.2, 0.25) is 0 Å². The van der Waals surface area contributed by atoms with Crippen LogP contribution in [0.3, 0.4) is 0 Å². The fraction of sp³-hybridized carbons (Fsp3) is 0.200. The van der Waals surface area contributed by atoms with Crippen LogP contribution in [-0.2, 0) is 6.54 Å². The van der Waals surface area contributed by atoms with Gasteiger partial charge in [0.15, 0.2) is 0 Å². The van der Waals surface area contributed by atoms with E-state index in [0.29, 0.717) is 24.7 Å². The standard InChI is InChI=1S/C15H14N4O3/c1-2-22-15-12(4-3-7-17-15)10-18-13-6-5-11(9-16)8-14(13)19(20)21/h3-8,18H,2,10H2,1H3. The quantitative estimate of drug-likeness (QED) is 0.650. The van der Waals surface area contributed by atoms with Crippen molar-refractivity contribution < 1.29 is 9.66 Å². The largest absolute Gasteiger partial charge is 0.478 e. The van der Waals surface area contributed by atoms with Crippen molar-refractivity contribution in [3.63, 3.8) is 0 Å². The Kier molecular flexibility index (Phi) is 4.88. The van der Waals surface area contributed by atoms with E-state index < -0.39 is 4.92 Å². The van der Waals surface area contributed by atoms with E-state index in [2.05, 4.69) is 10.3 Å². The van der Waals surface area contributed by atoms with Crippen LogP contribution in [0.5, 0.6) is 5.88 Å². The third kappa shape index (κ3) is 3.49. The van der Waals surface area contributed by atoms with Gasteiger partial charge in [-0.15, -0.1) is 0 Å². The van der Waals surface area contributed by atoms with Gasteiger partial charge in [-0.1, -0.05) is 6.07 Å². The molecule has 0 aliphatic rings. The molecule has 0 saturated carbocycles. The summed E-state index contributed by atoms with van der Waals surface area (Å²) < 4.78 is 5.41. The molecule has 0 aliphatic carbocycles. The minimum atomic E-state index is -0.518. The van der Waals surface area contributed by atoms with Crippen LogP contribution in [0.15, 0.2) is 36.5 Å². The molecule has 1 aromatic carbocycles. The van der Waals surface area contributed by atoms with Gasteiger partial charge in [0.1, 0.15) is 5.69 Å². The molecule has 7 nitrogen and oxygen atoms in total. The molecule has 1 heterocycles. The molecule has 0 bridgehead atoms. The minimum absolute atomic E-state index is 0.138. The number of nitro groups is 1. The van der Waals surface area contributed by atoms with Crippen LogP contribution in [0.4, 0.5) is 11.4 Å². The summed E-state index contributed by atoms with van der Waals surface area (Å²) in [5, 5.41) is 22.9. The fourth-order valence-corrected chi connectivity index (χ4v) is 1.92. The Morgan fingerprint density at radius 3 is 2.95 bits per heavy atom. The molecule has 0 amide bonds. The molecule has 22 heavy (non-hydrogen) atoms. The number of hydrogen-bond acceptors (Lipinski definition) is 6. The molecule has 1 aromatic heterocycles. The third-order valence-electron chi connectivity index (χ3n) is 2.92. The van der Waals surface area contributed by atoms with Gasteiger partial charge >= 0.3 is 0 Å². The van der Waals surface area contributed by atoms with Crippen molar-refractivity contribution in [2.75, 3.05) is 11.9 Å². The van der Waals surface area contributed by atoms with Gasteiger partial charge in [0.05, 0.1) is 23.2 Å². The maximum atomic E-state index is 11.1. The van der Waals surface area contributed by atoms with E-state index in [-0.39, 0.29) is 11.3 Å². The lowest BCUT2D eigenvalue weighted by molar-refractivity contribution is -0.384. The first-order chi connectivity index (χ1) is 10.7. The molecule has 1 N–H and O–H groups in total. The molecule has 0 atom stereocenters. The van der Waals surface area contributed by atoms with E-state index in [9.17, 15) is 10.1 Å². The molecule has 0 radical (unpaired) electrons. The first-order valence-electron chi connectivity index (χ1n) is 6.64. The smallest absolute Gasteiger partial charge is 0.293 e. The van der Waals surface area contributed by atoms with E-state index in [4.69, 9.17) is 10.00 Å². The molecule has 2 aromatic rings. The predicted molar refractivity (Wildman–Crippen MR) is 80.5 cm³/mol. The first kappa shape index (κ1) is 15.3. The number of nitrogens with one attached hydrogen (secondary N) is 1. The van der Waals surface area contributed by atoms with Crippen LogP contribution < -0.4 is 10.1 Å². The summed E-state index contributed by atoms with van der Waals surface area (Å²) in [7, 11) is 0. The lowest BCUT2D eigenvalue weighted by Crippen LogP contribution is -2.06. The Hall–Kier alpha value is -3.14. The predicted octanol–water partition coefficient (Wildman–Crippen LogP) is 2.87. The van der Waals surface area contributed by atoms with E-state index in [1.54, 1.807) is 12.3 Å². The molecular formula is C15H14N4O3. The number of nitrogens with zero attached hydrogens (tertiary/aromatic N) is 3. The summed E-state index contributed by atoms with van der Waals surface area (Å²) in [6, 6.07) is 9.79. The summed E-state index contributed by atoms with van der Waals surface area (Å²) >= 11 is 0. The summed E-state index contributed by atoms with van der Waals surface area (Å²) in [6.45, 7) is 2.67. The number of ether oxygens (including phenoxy) is 1. The van der Waals surface area contributed by atoms with E-state index in [1.807, 2.05) is 19.1 Å². The molecule has 0 fully saturated rings. The van der Waals surface area contributed by atoms with Crippen molar-refractivity contribution in [2.45, 2.75) is 13.5 Å². The number of nitriles is 1. The fourth-order valence-electron chi connectivity index (χ4n) is 1.92. The van der Waals surface area contributed by atoms with Gasteiger partial charge in [-0.05, 0) is 25.1 Å². The highest BCUT2D eigenvalue weighted by atomic mass is 16.6. The average molecular weight is 298 g/mol. The summed E-state index contributed by atoms with van der Waals surface area (Å²) in [4.78, 5) is 14.7. The molecule has 7 heteroatoms. The minimum Gasteiger partial charge on any atom is -0.478 e. The van der Waals surface area contributed by atoms with Crippen LogP contribution in [-0.4, -0.2) is 16.5 Å². The number of aromatic nitrogens is 1. The number of benzene rings is 1. The highest BCUT2D eigenvalue weighted by Crippen LogP contribution is 2.26. The second kappa shape index (κ2) is 7.04. The van der Waals surface area contributed by atoms with Gasteiger partial charge in [0.2, 0.25) is 5.88 Å². The Morgan fingerprint density at radius 2 is 2.27 bits per heavy atom. The van der Waals surface area contributed by atoms with Crippen molar-refractivity contribution in [3.8, 4) is 11.9 Å². The van der Waals surface area contributed by atoms with Crippen LogP contribution in [0.1, 0.15) is 18.1 Å². The van der Waals surface area contributed by atoms with Gasteiger partial charge < -0.3 is 10.1 Å². The van der Waals surface area contributed by atoms with Gasteiger partial charge in [-0.25, -0.2) is 4.98 Å². The van der Waals surface area contributed by atoms with E-state index in [1.165, 1.54) is 18.2 Å². The van der Waals surface area contributed by atoms with Crippen molar-refractivity contribution in [2.24, 2.45) is 0 Å². The molecule has 0 unspecified atom stereocenters. The van der Waals surface area contributed by atoms with Gasteiger partial charge in [0, 0.05) is 24.4 Å². The molecule has 2 rings (SSSR count). The van der Waals surface area contributed by atoms with Crippen molar-refractivity contribution in [3.05, 3.63) is 57.8 Å². The van der Waals surface area contributed by atoms with E-state index in [0.717, 1.165) is 5.56 Å². The highest BCUT2D eigenvalue weighted by molar-refractivity contribution is 5.64. The molecular weight excluding hydrogens is 284 g/mol. The topological polar surface area (TPSA) is 101 Å². The van der Waals surface area contributed by atoms with Gasteiger partial charge in [-0.2, -0.15) is 5.26 Å². The maximum absolute atomic E-state index is 11.1. The van der Waals surface area contributed by atoms with Crippen LogP contribution >= 0.6 is 0 Å². The second-order valence-electron chi connectivity index (χ2n) is 4.36. The molecule has 112 valence electrons. The molecule has 0 aliphatic heterocycles. The lowest BCUT2D eigenvalue weighted by atomic mass is 10.2. The second-order valence-corrected chi connectivity index (χ2v) is 4.36. The van der Waals surface area contributed by atoms with Crippen molar-refractivity contribution in [1.82, 2.24) is 4.98 Å². The summed E-state index contributed by atoms with van der Waals surface area (Å²) in [5.74, 6) is 0.494. The Balaban J connectivity index is 2.22. The number of pyridine rings is 1. The number of nitro benzene ring substituents is 1. The van der Waals surface area contributed by atoms with Gasteiger partial charge in [0.25, 0.3) is 5.69 Å². The number of rotatable bonds is 6. The zero-order valence-electron chi connectivity index (χ0n) is 11.9. The maximum Gasteiger partial charge on any atom is 0.293 e. The van der Waals surface area contributed by atoms with Crippen LogP contribution in [0.25, 0.3) is 0 Å². The SMILES string of the molecule is CCOc1ncccc1CNc1ccc(C#N)cc1[N+](=O)[O-]. The van der Waals surface area contributed by atoms with Crippen molar-refractivity contribution in [1.29, 1.82) is 5.26 Å². The third-order valence-corrected chi connectivity index (χ3v) is 2.92. The normalized spacial score (nSPS) is 9.82. The average Bonchev–Trinajstić information content (AvgIpc) is 2.54. The lowest BCUT2D eigenvalue weighted by Gasteiger charge is -2.11. The highest BCUT2D eigenvalue weighted by Gasteiger charge is 2.15. The van der Waals surface area contributed by atoms with Crippen LogP contribution in [0, 0.1) is 21.4 Å². The zero-order chi connectivity index (χ0) is 15.9. The Morgan fingerprint density at radius 1 is 1.45 bits per heavy atom. The Bertz CT molecular complexity index is 725. The number of anilines is 1. The summed E-state index contributed by atoms with van der Waals surface area (Å²) in [5.41, 5.74) is 1.24. The number of hydrogen-bond donors (Lipinski definition) is 1. The summed E-state index contributed by atoms with van der Waals surface area (Å²) in [6.07, 6.45) is 1.62. The zero-order valence-corrected chi connectivity index (χ0v) is 11.9. The first-order valence-corrected chi connectivity index (χ1v) is 6.64. The molecule has 0 spiro atoms. The molecule has 0 saturated heterocycles. The van der Waals surface area contributed by atoms with Gasteiger partial charge in [-0.3, -0.25) is 10.1 Å². The Labute approximate surface area is 127 Å². The monoisotopic (exact) mass is 298 g/mol. The van der Waals surface area contributed by atoms with E-state index >= 15 is 0 Å².